The lowest BCUT2D eigenvalue weighted by atomic mass is 9.89. The van der Waals surface area contributed by atoms with E-state index in [1.54, 1.807) is 63.0 Å². The minimum atomic E-state index is -1.37. The molecule has 2 atom stereocenters. The smallest absolute Gasteiger partial charge is 0.410 e. The molecular weight excluding hydrogens is 702 g/mol. The highest BCUT2D eigenvalue weighted by Crippen LogP contribution is 2.27. The van der Waals surface area contributed by atoms with Crippen molar-refractivity contribution in [2.75, 3.05) is 42.9 Å². The number of halogens is 1. The molecule has 0 unspecified atom stereocenters. The van der Waals surface area contributed by atoms with Gasteiger partial charge in [0.25, 0.3) is 0 Å². The summed E-state index contributed by atoms with van der Waals surface area (Å²) in [7, 11) is 0. The van der Waals surface area contributed by atoms with E-state index in [0.717, 1.165) is 29.3 Å². The molecule has 1 fully saturated rings. The highest BCUT2D eigenvalue weighted by molar-refractivity contribution is 7.09. The first kappa shape index (κ1) is 39.1. The molecule has 2 amide bonds. The van der Waals surface area contributed by atoms with Gasteiger partial charge in [-0.05, 0) is 74.0 Å². The molecule has 0 radical (unpaired) electrons. The molecule has 2 aromatic heterocycles. The number of hydrogen-bond acceptors (Lipinski definition) is 9. The van der Waals surface area contributed by atoms with E-state index in [-0.39, 0.29) is 54.8 Å². The number of anilines is 2. The maximum absolute atomic E-state index is 15.3. The Kier molecular flexibility index (Phi) is 13.4. The predicted octanol–water partition coefficient (Wildman–Crippen LogP) is 5.90. The van der Waals surface area contributed by atoms with Gasteiger partial charge in [0.2, 0.25) is 11.3 Å². The van der Waals surface area contributed by atoms with Crippen molar-refractivity contribution < 1.29 is 33.4 Å². The van der Waals surface area contributed by atoms with Gasteiger partial charge in [-0.3, -0.25) is 14.4 Å². The first-order chi connectivity index (χ1) is 25.5. The highest BCUT2D eigenvalue weighted by Gasteiger charge is 2.27. The lowest BCUT2D eigenvalue weighted by molar-refractivity contribution is -0.128. The second-order valence-corrected chi connectivity index (χ2v) is 14.4. The fourth-order valence-corrected chi connectivity index (χ4v) is 7.34. The van der Waals surface area contributed by atoms with E-state index in [1.807, 2.05) is 24.4 Å². The molecule has 4 N–H and O–H groups in total. The summed E-state index contributed by atoms with van der Waals surface area (Å²) in [5, 5.41) is 14.3. The number of pyridine rings is 1. The summed E-state index contributed by atoms with van der Waals surface area (Å²) in [5.74, 6) is -2.82. The third-order valence-electron chi connectivity index (χ3n) is 9.64. The van der Waals surface area contributed by atoms with Crippen molar-refractivity contribution in [3.05, 3.63) is 92.2 Å². The van der Waals surface area contributed by atoms with Crippen molar-refractivity contribution in [1.29, 1.82) is 0 Å². The van der Waals surface area contributed by atoms with Crippen LogP contribution in [0, 0.1) is 17.7 Å². The number of nitrogens with one attached hydrogen (secondary N) is 1. The highest BCUT2D eigenvalue weighted by atomic mass is 32.1. The van der Waals surface area contributed by atoms with Gasteiger partial charge in [-0.15, -0.1) is 11.3 Å². The molecule has 12 nitrogen and oxygen atoms in total. The minimum Gasteiger partial charge on any atom is -0.477 e. The summed E-state index contributed by atoms with van der Waals surface area (Å²) in [6.45, 7) is 5.83. The zero-order chi connectivity index (χ0) is 38.1. The number of ketones is 1. The summed E-state index contributed by atoms with van der Waals surface area (Å²) in [4.78, 5) is 68.0. The van der Waals surface area contributed by atoms with Gasteiger partial charge in [-0.2, -0.15) is 0 Å². The first-order valence-electron chi connectivity index (χ1n) is 17.9. The molecule has 1 aliphatic heterocycles. The van der Waals surface area contributed by atoms with Crippen molar-refractivity contribution in [2.24, 2.45) is 17.6 Å². The van der Waals surface area contributed by atoms with E-state index < -0.39 is 34.8 Å². The van der Waals surface area contributed by atoms with Crippen LogP contribution < -0.4 is 21.4 Å². The topological polar surface area (TPSA) is 164 Å². The van der Waals surface area contributed by atoms with Gasteiger partial charge in [-0.25, -0.2) is 14.0 Å². The van der Waals surface area contributed by atoms with Crippen LogP contribution in [0.4, 0.5) is 20.6 Å². The number of carboxylic acid groups (broad SMARTS) is 1. The quantitative estimate of drug-likeness (QED) is 0.118. The summed E-state index contributed by atoms with van der Waals surface area (Å²) in [5.41, 5.74) is 6.50. The van der Waals surface area contributed by atoms with Crippen LogP contribution in [0.15, 0.2) is 64.9 Å². The number of carboxylic acids is 1. The van der Waals surface area contributed by atoms with Crippen molar-refractivity contribution >= 4 is 57.4 Å². The number of aromatic nitrogens is 1. The van der Waals surface area contributed by atoms with Crippen LogP contribution in [0.3, 0.4) is 0 Å². The number of Topliss-reactive ketones (excluding diaryl/α,β-unsaturated/α-hetero) is 1. The molecule has 4 aromatic rings. The number of aryl methyl sites for hydroxylation is 1. The molecule has 282 valence electrons. The normalized spacial score (nSPS) is 14.2. The Morgan fingerprint density at radius 2 is 1.79 bits per heavy atom. The third kappa shape index (κ3) is 9.87. The predicted molar refractivity (Wildman–Crippen MR) is 203 cm³/mol. The van der Waals surface area contributed by atoms with Crippen molar-refractivity contribution in [1.82, 2.24) is 9.47 Å². The Bertz CT molecular complexity index is 1970. The van der Waals surface area contributed by atoms with Crippen LogP contribution in [0.2, 0.25) is 0 Å². The van der Waals surface area contributed by atoms with E-state index in [9.17, 15) is 29.1 Å². The van der Waals surface area contributed by atoms with E-state index in [1.165, 1.54) is 6.20 Å². The monoisotopic (exact) mass is 747 g/mol. The van der Waals surface area contributed by atoms with Crippen LogP contribution in [0.5, 0.6) is 0 Å². The number of rotatable bonds is 16. The maximum Gasteiger partial charge on any atom is 0.410 e. The number of benzene rings is 2. The van der Waals surface area contributed by atoms with Gasteiger partial charge in [0.05, 0.1) is 11.2 Å². The van der Waals surface area contributed by atoms with Crippen LogP contribution in [-0.2, 0) is 33.9 Å². The van der Waals surface area contributed by atoms with E-state index in [4.69, 9.17) is 10.5 Å². The zero-order valence-electron chi connectivity index (χ0n) is 30.0. The molecule has 5 rings (SSSR count). The van der Waals surface area contributed by atoms with Gasteiger partial charge in [-0.1, -0.05) is 31.5 Å². The van der Waals surface area contributed by atoms with Crippen molar-refractivity contribution in [3.63, 3.8) is 0 Å². The molecule has 0 bridgehead atoms. The molecule has 1 aliphatic rings. The van der Waals surface area contributed by atoms with Crippen molar-refractivity contribution in [3.8, 4) is 0 Å². The largest absolute Gasteiger partial charge is 0.477 e. The molecule has 2 aromatic carbocycles. The summed E-state index contributed by atoms with van der Waals surface area (Å²) in [6.07, 6.45) is 3.67. The average molecular weight is 748 g/mol. The number of amides is 2. The lowest BCUT2D eigenvalue weighted by Gasteiger charge is -2.35. The minimum absolute atomic E-state index is 0.00435. The second-order valence-electron chi connectivity index (χ2n) is 13.3. The number of piperazine rings is 1. The van der Waals surface area contributed by atoms with Crippen molar-refractivity contribution in [2.45, 2.75) is 59.1 Å². The number of thiophene rings is 1. The number of ether oxygens (including phenoxy) is 1. The molecule has 0 aliphatic carbocycles. The molecule has 0 saturated carbocycles. The van der Waals surface area contributed by atoms with E-state index in [0.29, 0.717) is 50.2 Å². The van der Waals surface area contributed by atoms with Crippen LogP contribution >= 0.6 is 11.3 Å². The first-order valence-corrected chi connectivity index (χ1v) is 18.8. The number of hydrogen-bond donors (Lipinski definition) is 3. The Morgan fingerprint density at radius 1 is 1.06 bits per heavy atom. The number of fused-ring (bicyclic) bond motifs is 1. The van der Waals surface area contributed by atoms with E-state index >= 15 is 4.39 Å². The maximum atomic E-state index is 15.3. The Morgan fingerprint density at radius 3 is 2.43 bits per heavy atom. The van der Waals surface area contributed by atoms with Crippen LogP contribution in [0.1, 0.15) is 60.3 Å². The number of unbranched alkanes of at least 4 members (excludes halogenated alkanes) is 1. The molecule has 0 spiro atoms. The zero-order valence-corrected chi connectivity index (χ0v) is 30.8. The van der Waals surface area contributed by atoms with Gasteiger partial charge in [0.15, 0.2) is 0 Å². The second kappa shape index (κ2) is 18.1. The molecular formula is C39H46FN5O7S. The number of carbonyl (C=O) groups excluding carboxylic acids is 3. The Hall–Kier alpha value is -5.08. The molecule has 1 saturated heterocycles. The van der Waals surface area contributed by atoms with Crippen LogP contribution in [-0.4, -0.2) is 71.1 Å². The summed E-state index contributed by atoms with van der Waals surface area (Å²) >= 11 is 1.62. The average Bonchev–Trinajstić information content (AvgIpc) is 3.67. The summed E-state index contributed by atoms with van der Waals surface area (Å²) in [6, 6.07) is 13.6. The SMILES string of the molecule is CCn1cc(C(=O)O)c(=O)c2cc(F)c(N3CCN(C(=O)OCc4ccc(NC(=O)[C@H](CCCCN)CC(=O)[C@@H](C)Cc5cccs5)cc4)CC3)cc21. The number of carbonyl (C=O) groups is 4. The van der Waals surface area contributed by atoms with Gasteiger partial charge in [0, 0.05) is 73.1 Å². The molecule has 3 heterocycles. The lowest BCUT2D eigenvalue weighted by Crippen LogP contribution is -2.49. The third-order valence-corrected chi connectivity index (χ3v) is 10.5. The number of nitrogens with two attached hydrogens (primary N) is 1. The van der Waals surface area contributed by atoms with Gasteiger partial charge < -0.3 is 35.3 Å². The number of nitrogens with zero attached hydrogens (tertiary/aromatic N) is 3. The Labute approximate surface area is 311 Å². The standard InChI is InChI=1S/C39H46FN5O7S/c1-3-43-23-31(38(49)50)36(47)30-21-32(40)34(22-33(30)43)44-14-16-45(17-15-44)39(51)52-24-26-9-11-28(12-10-26)42-37(48)27(7-4-5-13-41)20-35(46)25(2)19-29-8-6-18-53-29/h6,8-12,18,21-23,25,27H,3-5,7,13-17,19-20,24,41H2,1-2H3,(H,42,48)(H,49,50)/t25-,27+/m0/s1. The van der Waals surface area contributed by atoms with E-state index in [2.05, 4.69) is 5.32 Å². The fourth-order valence-electron chi connectivity index (χ4n) is 6.50. The van der Waals surface area contributed by atoms with Gasteiger partial charge in [0.1, 0.15) is 23.8 Å². The Balaban J connectivity index is 1.12. The summed E-state index contributed by atoms with van der Waals surface area (Å²) < 4.78 is 22.4. The molecule has 14 heteroatoms. The molecule has 53 heavy (non-hydrogen) atoms. The van der Waals surface area contributed by atoms with Crippen LogP contribution in [0.25, 0.3) is 10.9 Å². The fraction of sp³-hybridized carbons (Fsp3) is 0.410. The number of aromatic carboxylic acids is 1. The van der Waals surface area contributed by atoms with Gasteiger partial charge >= 0.3 is 12.1 Å².